The molecule has 3 aromatic heterocycles. The molecule has 0 saturated heterocycles. The fraction of sp³-hybridized carbons (Fsp3) is 0. The van der Waals surface area contributed by atoms with Gasteiger partial charge in [-0.05, 0) is 134 Å². The Morgan fingerprint density at radius 2 is 0.699 bits per heavy atom. The lowest BCUT2D eigenvalue weighted by Gasteiger charge is -2.27. The fourth-order valence-corrected chi connectivity index (χ4v) is 14.2. The van der Waals surface area contributed by atoms with Gasteiger partial charge in [-0.2, -0.15) is 0 Å². The van der Waals surface area contributed by atoms with Crippen molar-refractivity contribution in [3.63, 3.8) is 0 Å². The van der Waals surface area contributed by atoms with Crippen LogP contribution in [0.1, 0.15) is 0 Å². The first-order valence-electron chi connectivity index (χ1n) is 24.8. The van der Waals surface area contributed by atoms with Crippen LogP contribution in [0.4, 0.5) is 34.1 Å². The molecule has 0 radical (unpaired) electrons. The number of rotatable bonds is 6. The largest absolute Gasteiger partial charge is 0.456 e. The Labute approximate surface area is 427 Å². The average molecular weight is 965 g/mol. The van der Waals surface area contributed by atoms with Crippen molar-refractivity contribution in [2.24, 2.45) is 0 Å². The van der Waals surface area contributed by atoms with Crippen LogP contribution >= 0.6 is 22.7 Å². The molecular formula is C68H40N2OS2. The first kappa shape index (κ1) is 40.7. The number of fused-ring (bicyclic) bond motifs is 17. The number of hydrogen-bond donors (Lipinski definition) is 0. The van der Waals surface area contributed by atoms with Crippen molar-refractivity contribution in [3.05, 3.63) is 243 Å². The maximum absolute atomic E-state index is 6.90. The second kappa shape index (κ2) is 15.8. The summed E-state index contributed by atoms with van der Waals surface area (Å²) in [5.41, 5.74) is 8.48. The molecule has 3 nitrogen and oxygen atoms in total. The van der Waals surface area contributed by atoms with E-state index in [1.807, 2.05) is 22.7 Å². The number of nitrogens with zero attached hydrogens (tertiary/aromatic N) is 2. The van der Waals surface area contributed by atoms with E-state index in [0.29, 0.717) is 0 Å². The molecule has 16 aromatic rings. The lowest BCUT2D eigenvalue weighted by atomic mass is 9.92. The summed E-state index contributed by atoms with van der Waals surface area (Å²) < 4.78 is 12.0. The molecule has 16 rings (SSSR count). The molecule has 0 spiro atoms. The Bertz CT molecular complexity index is 4950. The summed E-state index contributed by atoms with van der Waals surface area (Å²) in [5, 5.41) is 19.3. The minimum atomic E-state index is 0.865. The molecule has 5 heteroatoms. The van der Waals surface area contributed by atoms with Crippen molar-refractivity contribution in [2.45, 2.75) is 0 Å². The zero-order valence-electron chi connectivity index (χ0n) is 39.2. The van der Waals surface area contributed by atoms with E-state index < -0.39 is 0 Å². The van der Waals surface area contributed by atoms with Crippen LogP contribution in [0.25, 0.3) is 116 Å². The average Bonchev–Trinajstić information content (AvgIpc) is 4.14. The van der Waals surface area contributed by atoms with Crippen molar-refractivity contribution < 1.29 is 4.42 Å². The molecule has 0 amide bonds. The number of hydrogen-bond acceptors (Lipinski definition) is 5. The van der Waals surface area contributed by atoms with E-state index in [2.05, 4.69) is 252 Å². The number of thiophene rings is 2. The van der Waals surface area contributed by atoms with Gasteiger partial charge in [0.05, 0.1) is 21.8 Å². The molecule has 0 saturated carbocycles. The topological polar surface area (TPSA) is 19.6 Å². The highest BCUT2D eigenvalue weighted by molar-refractivity contribution is 7.26. The van der Waals surface area contributed by atoms with Gasteiger partial charge in [-0.1, -0.05) is 152 Å². The molecule has 0 atom stereocenters. The normalized spacial score (nSPS) is 12.1. The number of benzene rings is 13. The summed E-state index contributed by atoms with van der Waals surface area (Å²) in [6.45, 7) is 0. The Kier molecular flexibility index (Phi) is 8.78. The predicted molar refractivity (Wildman–Crippen MR) is 316 cm³/mol. The molecule has 0 bridgehead atoms. The third-order valence-corrected chi connectivity index (χ3v) is 17.5. The zero-order chi connectivity index (χ0) is 47.7. The number of anilines is 6. The first-order chi connectivity index (χ1) is 36.2. The van der Waals surface area contributed by atoms with Crippen LogP contribution in [0.2, 0.25) is 0 Å². The third kappa shape index (κ3) is 6.16. The highest BCUT2D eigenvalue weighted by Crippen LogP contribution is 2.49. The lowest BCUT2D eigenvalue weighted by molar-refractivity contribution is 0.669. The van der Waals surface area contributed by atoms with Gasteiger partial charge in [0.2, 0.25) is 0 Å². The van der Waals surface area contributed by atoms with Crippen LogP contribution in [0.15, 0.2) is 247 Å². The van der Waals surface area contributed by atoms with Crippen molar-refractivity contribution >= 4 is 173 Å². The lowest BCUT2D eigenvalue weighted by Crippen LogP contribution is -2.10. The summed E-state index contributed by atoms with van der Waals surface area (Å²) in [7, 11) is 0. The fourth-order valence-electron chi connectivity index (χ4n) is 11.9. The Balaban J connectivity index is 0.905. The van der Waals surface area contributed by atoms with Crippen LogP contribution < -0.4 is 9.80 Å². The van der Waals surface area contributed by atoms with Gasteiger partial charge in [0.15, 0.2) is 0 Å². The summed E-state index contributed by atoms with van der Waals surface area (Å²) in [6, 6.07) is 89.4. The molecule has 0 aliphatic carbocycles. The van der Waals surface area contributed by atoms with Crippen molar-refractivity contribution in [1.82, 2.24) is 0 Å². The minimum absolute atomic E-state index is 0.865. The molecule has 0 aliphatic rings. The Hall–Kier alpha value is -9.00. The minimum Gasteiger partial charge on any atom is -0.456 e. The van der Waals surface area contributed by atoms with Gasteiger partial charge in [0.25, 0.3) is 0 Å². The van der Waals surface area contributed by atoms with Gasteiger partial charge >= 0.3 is 0 Å². The molecule has 0 unspecified atom stereocenters. The Morgan fingerprint density at radius 1 is 0.247 bits per heavy atom. The van der Waals surface area contributed by atoms with Crippen molar-refractivity contribution in [1.29, 1.82) is 0 Å². The second-order valence-electron chi connectivity index (χ2n) is 19.2. The summed E-state index contributed by atoms with van der Waals surface area (Å²) in [5.74, 6) is 0. The summed E-state index contributed by atoms with van der Waals surface area (Å²) in [4.78, 5) is 4.91. The standard InChI is InChI=1S/C68H40N2OS2/c1-3-18-46-41(14-1)16-11-25-60(46)69(44-32-35-67-59(38-44)52-23-8-9-28-65(52)72-67)43-30-33-50-54(36-43)48-20-5-6-21-49(48)55-39-58-57-37-45(31-34-63(57)71-64(58)40-56(50)55)70(61-26-12-17-42-15-2-4-19-47(42)61)62-27-13-24-53-51-22-7-10-29-66(51)73-68(53)62/h1-40H. The van der Waals surface area contributed by atoms with Gasteiger partial charge in [0, 0.05) is 74.3 Å². The maximum atomic E-state index is 6.90. The maximum Gasteiger partial charge on any atom is 0.136 e. The Morgan fingerprint density at radius 3 is 1.44 bits per heavy atom. The van der Waals surface area contributed by atoms with Crippen molar-refractivity contribution in [2.75, 3.05) is 9.80 Å². The van der Waals surface area contributed by atoms with Gasteiger partial charge < -0.3 is 14.2 Å². The quantitative estimate of drug-likeness (QED) is 0.155. The highest BCUT2D eigenvalue weighted by Gasteiger charge is 2.23. The van der Waals surface area contributed by atoms with Gasteiger partial charge in [-0.25, -0.2) is 0 Å². The molecule has 0 N–H and O–H groups in total. The van der Waals surface area contributed by atoms with Gasteiger partial charge in [-0.3, -0.25) is 0 Å². The van der Waals surface area contributed by atoms with Crippen LogP contribution in [-0.4, -0.2) is 0 Å². The van der Waals surface area contributed by atoms with Gasteiger partial charge in [-0.15, -0.1) is 22.7 Å². The van der Waals surface area contributed by atoms with Crippen molar-refractivity contribution in [3.8, 4) is 0 Å². The molecule has 340 valence electrons. The summed E-state index contributed by atoms with van der Waals surface area (Å²) in [6.07, 6.45) is 0. The van der Waals surface area contributed by atoms with E-state index >= 15 is 0 Å². The van der Waals surface area contributed by atoms with Crippen LogP contribution in [0, 0.1) is 0 Å². The van der Waals surface area contributed by atoms with E-state index in [9.17, 15) is 0 Å². The van der Waals surface area contributed by atoms with E-state index in [1.165, 1.54) is 94.2 Å². The molecule has 13 aromatic carbocycles. The number of furan rings is 1. The van der Waals surface area contributed by atoms with E-state index in [4.69, 9.17) is 4.42 Å². The second-order valence-corrected chi connectivity index (χ2v) is 21.3. The van der Waals surface area contributed by atoms with Crippen LogP contribution in [-0.2, 0) is 0 Å². The predicted octanol–water partition coefficient (Wildman–Crippen LogP) is 21.0. The monoisotopic (exact) mass is 964 g/mol. The molecule has 0 fully saturated rings. The smallest absolute Gasteiger partial charge is 0.136 e. The molecule has 3 heterocycles. The van der Waals surface area contributed by atoms with E-state index in [1.54, 1.807) is 0 Å². The first-order valence-corrected chi connectivity index (χ1v) is 26.4. The van der Waals surface area contributed by atoms with Crippen LogP contribution in [0.5, 0.6) is 0 Å². The third-order valence-electron chi connectivity index (χ3n) is 15.2. The van der Waals surface area contributed by atoms with Gasteiger partial charge in [0.1, 0.15) is 11.2 Å². The molecule has 73 heavy (non-hydrogen) atoms. The van der Waals surface area contributed by atoms with E-state index in [-0.39, 0.29) is 0 Å². The SMILES string of the molecule is c1ccc2c(N(c3ccc4sc5ccccc5c4c3)c3ccc4c(c3)c3ccccc3c3cc5c(cc43)oc3ccc(N(c4cccc6ccccc46)c4cccc6c4sc4ccccc46)cc35)cccc2c1. The van der Waals surface area contributed by atoms with E-state index in [0.717, 1.165) is 56.1 Å². The van der Waals surface area contributed by atoms with Crippen LogP contribution in [0.3, 0.4) is 0 Å². The molecular weight excluding hydrogens is 925 g/mol. The zero-order valence-corrected chi connectivity index (χ0v) is 40.8. The molecule has 0 aliphatic heterocycles. The highest BCUT2D eigenvalue weighted by atomic mass is 32.1. The summed E-state index contributed by atoms with van der Waals surface area (Å²) >= 11 is 3.72.